The first-order valence-corrected chi connectivity index (χ1v) is 8.42. The van der Waals surface area contributed by atoms with E-state index in [2.05, 4.69) is 45.5 Å². The number of nitrogens with zero attached hydrogens (tertiary/aromatic N) is 3. The number of rotatable bonds is 3. The highest BCUT2D eigenvalue weighted by Gasteiger charge is 2.14. The number of nitrogens with one attached hydrogen (secondary N) is 2. The monoisotopic (exact) mass is 323 g/mol. The molecule has 0 unspecified atom stereocenters. The van der Waals surface area contributed by atoms with Crippen LogP contribution in [0.1, 0.15) is 42.5 Å². The van der Waals surface area contributed by atoms with E-state index in [1.807, 2.05) is 0 Å². The molecule has 1 aliphatic carbocycles. The van der Waals surface area contributed by atoms with Crippen LogP contribution in [0.3, 0.4) is 0 Å². The Balaban J connectivity index is 1.63. The highest BCUT2D eigenvalue weighted by Crippen LogP contribution is 2.26. The minimum absolute atomic E-state index is 0.0612. The fraction of sp³-hybridized carbons (Fsp3) is 0.389. The Hall–Kier alpha value is -2.63. The van der Waals surface area contributed by atoms with E-state index >= 15 is 0 Å². The Morgan fingerprint density at radius 1 is 1.25 bits per heavy atom. The summed E-state index contributed by atoms with van der Waals surface area (Å²) in [5.74, 6) is 0.473. The van der Waals surface area contributed by atoms with Gasteiger partial charge in [0.25, 0.3) is 5.56 Å². The zero-order valence-corrected chi connectivity index (χ0v) is 14.0. The van der Waals surface area contributed by atoms with Crippen molar-refractivity contribution in [3.05, 3.63) is 51.4 Å². The molecule has 2 heterocycles. The van der Waals surface area contributed by atoms with Crippen LogP contribution in [-0.4, -0.2) is 19.7 Å². The Bertz CT molecular complexity index is 956. The maximum absolute atomic E-state index is 12.1. The molecule has 0 bridgehead atoms. The molecule has 1 aliphatic rings. The highest BCUT2D eigenvalue weighted by molar-refractivity contribution is 5.74. The standard InChI is InChI=1S/C18H21N5O/c1-11(13-8-7-12-5-3-4-6-14(12)9-13)20-18-21-16-15(17(24)22-18)10-19-23(16)2/h7-11H,3-6H2,1-2H3,(H2,20,21,22,24)/t11-/m0/s1. The predicted octanol–water partition coefficient (Wildman–Crippen LogP) is 2.71. The number of benzene rings is 1. The summed E-state index contributed by atoms with van der Waals surface area (Å²) >= 11 is 0. The number of aromatic amines is 1. The third kappa shape index (κ3) is 2.58. The van der Waals surface area contributed by atoms with Gasteiger partial charge in [-0.2, -0.15) is 10.1 Å². The second kappa shape index (κ2) is 5.78. The summed E-state index contributed by atoms with van der Waals surface area (Å²) in [6.45, 7) is 2.08. The van der Waals surface area contributed by atoms with Crippen LogP contribution >= 0.6 is 0 Å². The molecule has 3 aromatic rings. The quantitative estimate of drug-likeness (QED) is 0.777. The van der Waals surface area contributed by atoms with Crippen LogP contribution in [0.15, 0.2) is 29.2 Å². The first kappa shape index (κ1) is 14.9. The smallest absolute Gasteiger partial charge is 0.263 e. The molecule has 0 spiro atoms. The van der Waals surface area contributed by atoms with Crippen LogP contribution in [0, 0.1) is 0 Å². The molecule has 2 N–H and O–H groups in total. The molecule has 0 fully saturated rings. The van der Waals surface area contributed by atoms with Crippen molar-refractivity contribution in [3.63, 3.8) is 0 Å². The number of aromatic nitrogens is 4. The molecular formula is C18H21N5O. The van der Waals surface area contributed by atoms with Crippen molar-refractivity contribution in [3.8, 4) is 0 Å². The van der Waals surface area contributed by atoms with Gasteiger partial charge in [-0.25, -0.2) is 0 Å². The minimum atomic E-state index is -0.173. The van der Waals surface area contributed by atoms with Gasteiger partial charge in [0.15, 0.2) is 5.65 Å². The van der Waals surface area contributed by atoms with Gasteiger partial charge in [0.1, 0.15) is 5.39 Å². The second-order valence-corrected chi connectivity index (χ2v) is 6.52. The fourth-order valence-corrected chi connectivity index (χ4v) is 3.41. The van der Waals surface area contributed by atoms with Crippen molar-refractivity contribution < 1.29 is 0 Å². The molecule has 0 saturated heterocycles. The lowest BCUT2D eigenvalue weighted by molar-refractivity contribution is 0.682. The SMILES string of the molecule is C[C@H](Nc1nc2c(cnn2C)c(=O)[nH]1)c1ccc2c(c1)CCCC2. The van der Waals surface area contributed by atoms with Crippen molar-refractivity contribution in [2.24, 2.45) is 7.05 Å². The number of hydrogen-bond acceptors (Lipinski definition) is 4. The van der Waals surface area contributed by atoms with Crippen LogP contribution in [0.2, 0.25) is 0 Å². The predicted molar refractivity (Wildman–Crippen MR) is 94.3 cm³/mol. The Morgan fingerprint density at radius 3 is 2.88 bits per heavy atom. The van der Waals surface area contributed by atoms with Gasteiger partial charge in [-0.05, 0) is 49.3 Å². The van der Waals surface area contributed by atoms with Gasteiger partial charge in [0, 0.05) is 7.05 Å². The molecule has 0 radical (unpaired) electrons. The molecule has 4 rings (SSSR count). The van der Waals surface area contributed by atoms with Gasteiger partial charge in [0.2, 0.25) is 5.95 Å². The zero-order chi connectivity index (χ0) is 16.7. The summed E-state index contributed by atoms with van der Waals surface area (Å²) in [6.07, 6.45) is 6.44. The van der Waals surface area contributed by atoms with E-state index < -0.39 is 0 Å². The zero-order valence-electron chi connectivity index (χ0n) is 14.0. The topological polar surface area (TPSA) is 75.6 Å². The molecular weight excluding hydrogens is 302 g/mol. The molecule has 2 aromatic heterocycles. The van der Waals surface area contributed by atoms with Crippen LogP contribution < -0.4 is 10.9 Å². The van der Waals surface area contributed by atoms with Crippen molar-refractivity contribution in [2.45, 2.75) is 38.6 Å². The summed E-state index contributed by atoms with van der Waals surface area (Å²) < 4.78 is 1.61. The van der Waals surface area contributed by atoms with Gasteiger partial charge in [-0.15, -0.1) is 0 Å². The van der Waals surface area contributed by atoms with E-state index in [1.165, 1.54) is 42.1 Å². The van der Waals surface area contributed by atoms with Crippen LogP contribution in [0.5, 0.6) is 0 Å². The van der Waals surface area contributed by atoms with Gasteiger partial charge >= 0.3 is 0 Å². The molecule has 0 aliphatic heterocycles. The largest absolute Gasteiger partial charge is 0.349 e. The molecule has 0 amide bonds. The summed E-state index contributed by atoms with van der Waals surface area (Å²) in [7, 11) is 1.78. The first-order valence-electron chi connectivity index (χ1n) is 8.42. The number of anilines is 1. The molecule has 6 nitrogen and oxygen atoms in total. The molecule has 6 heteroatoms. The lowest BCUT2D eigenvalue weighted by Gasteiger charge is -2.20. The Morgan fingerprint density at radius 2 is 2.04 bits per heavy atom. The third-order valence-corrected chi connectivity index (χ3v) is 4.83. The van der Waals surface area contributed by atoms with Crippen molar-refractivity contribution in [1.82, 2.24) is 19.7 Å². The van der Waals surface area contributed by atoms with Gasteiger partial charge in [-0.3, -0.25) is 14.5 Å². The summed E-state index contributed by atoms with van der Waals surface area (Å²) in [6, 6.07) is 6.75. The number of fused-ring (bicyclic) bond motifs is 2. The summed E-state index contributed by atoms with van der Waals surface area (Å²) in [5.41, 5.74) is 4.55. The highest BCUT2D eigenvalue weighted by atomic mass is 16.1. The van der Waals surface area contributed by atoms with Crippen molar-refractivity contribution >= 4 is 17.0 Å². The number of aryl methyl sites for hydroxylation is 3. The van der Waals surface area contributed by atoms with Crippen LogP contribution in [0.25, 0.3) is 11.0 Å². The average molecular weight is 323 g/mol. The van der Waals surface area contributed by atoms with E-state index in [9.17, 15) is 4.79 Å². The number of hydrogen-bond donors (Lipinski definition) is 2. The summed E-state index contributed by atoms with van der Waals surface area (Å²) in [5, 5.41) is 7.90. The van der Waals surface area contributed by atoms with Crippen LogP contribution in [0.4, 0.5) is 5.95 Å². The lowest BCUT2D eigenvalue weighted by Crippen LogP contribution is -2.16. The van der Waals surface area contributed by atoms with E-state index in [4.69, 9.17) is 0 Å². The van der Waals surface area contributed by atoms with E-state index in [0.29, 0.717) is 17.0 Å². The van der Waals surface area contributed by atoms with E-state index in [0.717, 1.165) is 6.42 Å². The van der Waals surface area contributed by atoms with Crippen molar-refractivity contribution in [1.29, 1.82) is 0 Å². The van der Waals surface area contributed by atoms with Crippen molar-refractivity contribution in [2.75, 3.05) is 5.32 Å². The molecule has 24 heavy (non-hydrogen) atoms. The van der Waals surface area contributed by atoms with Gasteiger partial charge < -0.3 is 5.32 Å². The third-order valence-electron chi connectivity index (χ3n) is 4.83. The summed E-state index contributed by atoms with van der Waals surface area (Å²) in [4.78, 5) is 19.4. The normalized spacial score (nSPS) is 15.2. The minimum Gasteiger partial charge on any atom is -0.349 e. The first-order chi connectivity index (χ1) is 11.6. The second-order valence-electron chi connectivity index (χ2n) is 6.52. The molecule has 124 valence electrons. The average Bonchev–Trinajstić information content (AvgIpc) is 2.96. The number of H-pyrrole nitrogens is 1. The van der Waals surface area contributed by atoms with Gasteiger partial charge in [0.05, 0.1) is 12.2 Å². The Labute approximate surface area is 139 Å². The van der Waals surface area contributed by atoms with E-state index in [-0.39, 0.29) is 11.6 Å². The van der Waals surface area contributed by atoms with Crippen LogP contribution in [-0.2, 0) is 19.9 Å². The molecule has 1 atom stereocenters. The molecule has 0 saturated carbocycles. The van der Waals surface area contributed by atoms with E-state index in [1.54, 1.807) is 11.7 Å². The maximum Gasteiger partial charge on any atom is 0.263 e. The molecule has 1 aromatic carbocycles. The lowest BCUT2D eigenvalue weighted by atomic mass is 9.89. The fourth-order valence-electron chi connectivity index (χ4n) is 3.41. The Kier molecular flexibility index (Phi) is 3.59. The maximum atomic E-state index is 12.1. The van der Waals surface area contributed by atoms with Gasteiger partial charge in [-0.1, -0.05) is 18.2 Å².